The number of carbonyl (C=O) groups excluding carboxylic acids is 1. The van der Waals surface area contributed by atoms with Gasteiger partial charge in [0.1, 0.15) is 13.2 Å². The van der Waals surface area contributed by atoms with Crippen molar-refractivity contribution in [3.05, 3.63) is 53.3 Å². The Bertz CT molecular complexity index is 612. The van der Waals surface area contributed by atoms with Crippen LogP contribution in [0, 0.1) is 11.1 Å². The minimum atomic E-state index is -0.650. The standard InChI is InChI=1S/C23H33NO4/c25-23(28-18-20-9-3-1-4-10-20)27-16-8-12-19-11-7-15-22(17-19)24(26)21-13-5-2-6-14-21/h1,3-4,8-10,12,19,21-22,24H,2,5-7,11,13-18H2/b12-8+. The van der Waals surface area contributed by atoms with Crippen molar-refractivity contribution in [2.45, 2.75) is 76.5 Å². The lowest BCUT2D eigenvalue weighted by atomic mass is 9.84. The first-order valence-electron chi connectivity index (χ1n) is 10.8. The van der Waals surface area contributed by atoms with Crippen LogP contribution in [0.15, 0.2) is 42.5 Å². The number of allylic oxidation sites excluding steroid dienone is 1. The summed E-state index contributed by atoms with van der Waals surface area (Å²) in [6.07, 6.45) is 13.5. The summed E-state index contributed by atoms with van der Waals surface area (Å²) in [5.74, 6) is 0.412. The highest BCUT2D eigenvalue weighted by Gasteiger charge is 2.29. The lowest BCUT2D eigenvalue weighted by molar-refractivity contribution is -0.905. The molecular weight excluding hydrogens is 354 g/mol. The minimum absolute atomic E-state index is 0.214. The van der Waals surface area contributed by atoms with E-state index in [0.717, 1.165) is 44.1 Å². The van der Waals surface area contributed by atoms with E-state index >= 15 is 0 Å². The number of carbonyl (C=O) groups is 1. The van der Waals surface area contributed by atoms with Gasteiger partial charge in [-0.2, -0.15) is 0 Å². The molecule has 2 fully saturated rings. The molecule has 3 unspecified atom stereocenters. The Hall–Kier alpha value is -1.85. The van der Waals surface area contributed by atoms with Crippen molar-refractivity contribution in [2.24, 2.45) is 5.92 Å². The third-order valence-corrected chi connectivity index (χ3v) is 6.03. The van der Waals surface area contributed by atoms with E-state index in [-0.39, 0.29) is 19.3 Å². The number of rotatable bonds is 7. The lowest BCUT2D eigenvalue weighted by Gasteiger charge is -2.42. The molecule has 1 aromatic rings. The second-order valence-electron chi connectivity index (χ2n) is 8.12. The lowest BCUT2D eigenvalue weighted by Crippen LogP contribution is -3.15. The first kappa shape index (κ1) is 20.9. The van der Waals surface area contributed by atoms with Gasteiger partial charge < -0.3 is 19.7 Å². The van der Waals surface area contributed by atoms with Crippen LogP contribution in [0.25, 0.3) is 0 Å². The molecule has 154 valence electrons. The molecule has 3 atom stereocenters. The van der Waals surface area contributed by atoms with Crippen LogP contribution in [0.3, 0.4) is 0 Å². The van der Waals surface area contributed by atoms with Gasteiger partial charge in [0.15, 0.2) is 0 Å². The normalized spacial score (nSPS) is 24.8. The predicted molar refractivity (Wildman–Crippen MR) is 109 cm³/mol. The molecule has 2 saturated carbocycles. The van der Waals surface area contributed by atoms with Crippen LogP contribution in [-0.4, -0.2) is 24.8 Å². The summed E-state index contributed by atoms with van der Waals surface area (Å²) in [7, 11) is 0. The van der Waals surface area contributed by atoms with Gasteiger partial charge in [0, 0.05) is 6.42 Å². The van der Waals surface area contributed by atoms with Crippen molar-refractivity contribution < 1.29 is 19.3 Å². The van der Waals surface area contributed by atoms with Gasteiger partial charge in [0.2, 0.25) is 0 Å². The Morgan fingerprint density at radius 1 is 1.00 bits per heavy atom. The van der Waals surface area contributed by atoms with E-state index in [9.17, 15) is 10.0 Å². The third kappa shape index (κ3) is 6.64. The first-order chi connectivity index (χ1) is 13.7. The average Bonchev–Trinajstić information content (AvgIpc) is 2.76. The number of nitrogens with one attached hydrogen (secondary N) is 1. The Morgan fingerprint density at radius 3 is 2.54 bits per heavy atom. The highest BCUT2D eigenvalue weighted by Crippen LogP contribution is 2.25. The van der Waals surface area contributed by atoms with Gasteiger partial charge >= 0.3 is 6.16 Å². The van der Waals surface area contributed by atoms with Crippen LogP contribution >= 0.6 is 0 Å². The van der Waals surface area contributed by atoms with Gasteiger partial charge in [-0.15, -0.1) is 0 Å². The zero-order valence-corrected chi connectivity index (χ0v) is 16.7. The van der Waals surface area contributed by atoms with Crippen LogP contribution in [-0.2, 0) is 16.1 Å². The van der Waals surface area contributed by atoms with Crippen molar-refractivity contribution >= 4 is 6.16 Å². The molecule has 0 amide bonds. The fraction of sp³-hybridized carbons (Fsp3) is 0.609. The molecule has 5 nitrogen and oxygen atoms in total. The Morgan fingerprint density at radius 2 is 1.75 bits per heavy atom. The predicted octanol–water partition coefficient (Wildman–Crippen LogP) is 4.17. The molecule has 0 aromatic heterocycles. The molecule has 28 heavy (non-hydrogen) atoms. The highest BCUT2D eigenvalue weighted by atomic mass is 16.7. The van der Waals surface area contributed by atoms with Gasteiger partial charge in [-0.3, -0.25) is 0 Å². The summed E-state index contributed by atoms with van der Waals surface area (Å²) in [5.41, 5.74) is 0.936. The first-order valence-corrected chi connectivity index (χ1v) is 10.8. The molecule has 1 aromatic carbocycles. The Balaban J connectivity index is 1.35. The number of ether oxygens (including phenoxy) is 2. The fourth-order valence-electron chi connectivity index (χ4n) is 4.50. The van der Waals surface area contributed by atoms with E-state index in [2.05, 4.69) is 6.08 Å². The zero-order chi connectivity index (χ0) is 19.6. The summed E-state index contributed by atoms with van der Waals surface area (Å²) >= 11 is 0. The maximum Gasteiger partial charge on any atom is 0.508 e. The van der Waals surface area contributed by atoms with Crippen molar-refractivity contribution in [1.82, 2.24) is 0 Å². The summed E-state index contributed by atoms with van der Waals surface area (Å²) in [6, 6.07) is 10.1. The van der Waals surface area contributed by atoms with E-state index in [1.807, 2.05) is 36.4 Å². The monoisotopic (exact) mass is 387 g/mol. The molecule has 5 heteroatoms. The van der Waals surface area contributed by atoms with Gasteiger partial charge in [-0.1, -0.05) is 48.9 Å². The number of hydrogen-bond donors (Lipinski definition) is 1. The molecule has 0 spiro atoms. The summed E-state index contributed by atoms with van der Waals surface area (Å²) in [4.78, 5) is 11.7. The van der Waals surface area contributed by atoms with Gasteiger partial charge in [-0.05, 0) is 56.4 Å². The summed E-state index contributed by atoms with van der Waals surface area (Å²) < 4.78 is 10.2. The molecule has 1 N–H and O–H groups in total. The molecule has 0 saturated heterocycles. The second kappa shape index (κ2) is 11.2. The Kier molecular flexibility index (Phi) is 8.37. The molecule has 2 aliphatic carbocycles. The van der Waals surface area contributed by atoms with Crippen LogP contribution in [0.5, 0.6) is 0 Å². The molecule has 0 heterocycles. The Labute approximate surface area is 168 Å². The van der Waals surface area contributed by atoms with Gasteiger partial charge in [0.25, 0.3) is 0 Å². The van der Waals surface area contributed by atoms with Crippen LogP contribution in [0.1, 0.15) is 63.4 Å². The van der Waals surface area contributed by atoms with Crippen LogP contribution in [0.2, 0.25) is 0 Å². The maximum atomic E-state index is 12.8. The van der Waals surface area contributed by atoms with E-state index in [1.54, 1.807) is 0 Å². The van der Waals surface area contributed by atoms with Gasteiger partial charge in [0.05, 0.1) is 12.1 Å². The summed E-state index contributed by atoms with van der Waals surface area (Å²) in [5, 5.41) is 13.3. The minimum Gasteiger partial charge on any atom is -0.634 e. The van der Waals surface area contributed by atoms with E-state index in [0.29, 0.717) is 17.0 Å². The molecule has 2 aliphatic rings. The molecular formula is C23H33NO4. The molecule has 3 rings (SSSR count). The molecule has 0 aliphatic heterocycles. The number of hydroxylamine groups is 2. The van der Waals surface area contributed by atoms with Crippen molar-refractivity contribution in [3.8, 4) is 0 Å². The largest absolute Gasteiger partial charge is 0.634 e. The van der Waals surface area contributed by atoms with E-state index in [4.69, 9.17) is 9.47 Å². The summed E-state index contributed by atoms with van der Waals surface area (Å²) in [6.45, 7) is 0.433. The SMILES string of the molecule is O=C(OC/C=C/C1CCCC([NH+]([O-])C2CCCCC2)C1)OCc1ccccc1. The third-order valence-electron chi connectivity index (χ3n) is 6.03. The van der Waals surface area contributed by atoms with E-state index < -0.39 is 6.16 Å². The van der Waals surface area contributed by atoms with Crippen LogP contribution in [0.4, 0.5) is 4.79 Å². The van der Waals surface area contributed by atoms with Crippen LogP contribution < -0.4 is 5.06 Å². The second-order valence-corrected chi connectivity index (χ2v) is 8.12. The van der Waals surface area contributed by atoms with Crippen molar-refractivity contribution in [1.29, 1.82) is 0 Å². The quantitative estimate of drug-likeness (QED) is 0.433. The topological polar surface area (TPSA) is 63.0 Å². The molecule has 0 bridgehead atoms. The van der Waals surface area contributed by atoms with Gasteiger partial charge in [-0.25, -0.2) is 4.79 Å². The number of quaternary nitrogens is 1. The molecule has 0 radical (unpaired) electrons. The zero-order valence-electron chi connectivity index (χ0n) is 16.7. The smallest absolute Gasteiger partial charge is 0.508 e. The number of hydrogen-bond acceptors (Lipinski definition) is 4. The van der Waals surface area contributed by atoms with E-state index in [1.165, 1.54) is 19.3 Å². The van der Waals surface area contributed by atoms with Crippen molar-refractivity contribution in [3.63, 3.8) is 0 Å². The maximum absolute atomic E-state index is 12.8. The fourth-order valence-corrected chi connectivity index (χ4v) is 4.50. The average molecular weight is 388 g/mol. The van der Waals surface area contributed by atoms with Crippen molar-refractivity contribution in [2.75, 3.05) is 6.61 Å². The number of benzene rings is 1. The highest BCUT2D eigenvalue weighted by molar-refractivity contribution is 5.60.